The van der Waals surface area contributed by atoms with Crippen LogP contribution >= 0.6 is 0 Å². The summed E-state index contributed by atoms with van der Waals surface area (Å²) >= 11 is 0. The molecule has 3 rings (SSSR count). The van der Waals surface area contributed by atoms with Crippen molar-refractivity contribution in [2.75, 3.05) is 32.1 Å². The van der Waals surface area contributed by atoms with Gasteiger partial charge in [0.25, 0.3) is 0 Å². The molecule has 1 heterocycles. The monoisotopic (exact) mass is 548 g/mol. The lowest BCUT2D eigenvalue weighted by atomic mass is 9.93. The molecule has 2 atom stereocenters. The molecule has 0 aliphatic carbocycles. The molecule has 0 aromatic heterocycles. The summed E-state index contributed by atoms with van der Waals surface area (Å²) in [6, 6.07) is 4.18. The number of halogens is 7. The fourth-order valence-electron chi connectivity index (χ4n) is 4.34. The lowest BCUT2D eigenvalue weighted by Crippen LogP contribution is -2.48. The van der Waals surface area contributed by atoms with Gasteiger partial charge < -0.3 is 15.1 Å². The van der Waals surface area contributed by atoms with Gasteiger partial charge in [-0.3, -0.25) is 4.90 Å². The summed E-state index contributed by atoms with van der Waals surface area (Å²) in [7, 11) is 2.42. The van der Waals surface area contributed by atoms with Crippen LogP contribution in [0, 0.1) is 5.82 Å². The average molecular weight is 549 g/mol. The lowest BCUT2D eigenvalue weighted by molar-refractivity contribution is -0.143. The predicted octanol–water partition coefficient (Wildman–Crippen LogP) is 5.94. The van der Waals surface area contributed by atoms with Crippen LogP contribution in [0.2, 0.25) is 0 Å². The van der Waals surface area contributed by atoms with Gasteiger partial charge in [-0.15, -0.1) is 0 Å². The number of carbonyl (C=O) groups excluding carboxylic acids is 2. The minimum atomic E-state index is -5.07. The van der Waals surface area contributed by atoms with E-state index < -0.39 is 59.0 Å². The number of carbonyl (C=O) groups is 2. The van der Waals surface area contributed by atoms with Crippen LogP contribution in [-0.4, -0.2) is 61.1 Å². The van der Waals surface area contributed by atoms with Gasteiger partial charge in [-0.2, -0.15) is 26.3 Å². The van der Waals surface area contributed by atoms with Crippen LogP contribution in [0.25, 0.3) is 0 Å². The summed E-state index contributed by atoms with van der Waals surface area (Å²) in [5.41, 5.74) is -3.09. The first-order valence-electron chi connectivity index (χ1n) is 11.6. The Hall–Kier alpha value is -3.51. The molecule has 38 heavy (non-hydrogen) atoms. The number of urea groups is 2. The van der Waals surface area contributed by atoms with Gasteiger partial charge in [-0.05, 0) is 49.7 Å². The molecule has 1 saturated heterocycles. The van der Waals surface area contributed by atoms with Crippen LogP contribution in [-0.2, 0) is 12.4 Å². The van der Waals surface area contributed by atoms with E-state index in [2.05, 4.69) is 5.32 Å². The summed E-state index contributed by atoms with van der Waals surface area (Å²) in [6.07, 6.45) is -10.1. The second kappa shape index (κ2) is 10.7. The van der Waals surface area contributed by atoms with Crippen LogP contribution in [0.1, 0.15) is 36.5 Å². The van der Waals surface area contributed by atoms with Crippen molar-refractivity contribution in [3.63, 3.8) is 0 Å². The predicted molar refractivity (Wildman–Crippen MR) is 126 cm³/mol. The van der Waals surface area contributed by atoms with Crippen LogP contribution in [0.15, 0.2) is 42.5 Å². The van der Waals surface area contributed by atoms with E-state index in [4.69, 9.17) is 0 Å². The van der Waals surface area contributed by atoms with E-state index in [1.54, 1.807) is 13.8 Å². The molecule has 0 bridgehead atoms. The molecule has 2 aromatic carbocycles. The van der Waals surface area contributed by atoms with E-state index in [-0.39, 0.29) is 25.2 Å². The van der Waals surface area contributed by atoms with Crippen LogP contribution in [0.3, 0.4) is 0 Å². The van der Waals surface area contributed by atoms with E-state index in [1.165, 1.54) is 41.1 Å². The fraction of sp³-hybridized carbons (Fsp3) is 0.440. The van der Waals surface area contributed by atoms with Crippen LogP contribution in [0.5, 0.6) is 0 Å². The maximum atomic E-state index is 13.5. The lowest BCUT2D eigenvalue weighted by Gasteiger charge is -2.33. The SMILES string of the molecule is CC(C)NC(=O)N1C[C@@H](N(C)C(=O)N(C)c2cc(C(F)(F)F)cc(C(F)(F)F)c2)[C@H](c2ccc(F)cc2)C1. The molecule has 0 saturated carbocycles. The second-order valence-electron chi connectivity index (χ2n) is 9.45. The molecular formula is C25H27F7N4O2. The van der Waals surface area contributed by atoms with Crippen molar-refractivity contribution in [3.8, 4) is 0 Å². The normalized spacial score (nSPS) is 18.1. The standard InChI is InChI=1S/C25H27F7N4O2/c1-14(2)33-22(37)36-12-20(15-5-7-18(26)8-6-15)21(13-36)35(4)23(38)34(3)19-10-16(24(27,28)29)9-17(11-19)25(30,31)32/h5-11,14,20-21H,12-13H2,1-4H3,(H,33,37)/t20-,21+/m0/s1. The molecule has 13 heteroatoms. The number of nitrogens with one attached hydrogen (secondary N) is 1. The molecule has 0 spiro atoms. The molecule has 1 N–H and O–H groups in total. The number of likely N-dealkylation sites (tertiary alicyclic amines) is 1. The summed E-state index contributed by atoms with van der Waals surface area (Å²) in [4.78, 5) is 29.3. The highest BCUT2D eigenvalue weighted by atomic mass is 19.4. The number of amides is 4. The quantitative estimate of drug-likeness (QED) is 0.481. The van der Waals surface area contributed by atoms with Crippen molar-refractivity contribution >= 4 is 17.7 Å². The Labute approximate surface area is 215 Å². The molecule has 1 aliphatic heterocycles. The third kappa shape index (κ3) is 6.48. The van der Waals surface area contributed by atoms with Crippen molar-refractivity contribution < 1.29 is 40.3 Å². The zero-order valence-electron chi connectivity index (χ0n) is 21.0. The molecule has 208 valence electrons. The summed E-state index contributed by atoms with van der Waals surface area (Å²) in [5, 5.41) is 2.74. The van der Waals surface area contributed by atoms with Crippen molar-refractivity contribution in [1.29, 1.82) is 0 Å². The average Bonchev–Trinajstić information content (AvgIpc) is 3.27. The third-order valence-electron chi connectivity index (χ3n) is 6.33. The highest BCUT2D eigenvalue weighted by Gasteiger charge is 2.42. The van der Waals surface area contributed by atoms with E-state index >= 15 is 0 Å². The second-order valence-corrected chi connectivity index (χ2v) is 9.45. The maximum absolute atomic E-state index is 13.5. The van der Waals surface area contributed by atoms with E-state index in [0.29, 0.717) is 22.6 Å². The summed E-state index contributed by atoms with van der Waals surface area (Å²) in [5.74, 6) is -0.991. The van der Waals surface area contributed by atoms with Gasteiger partial charge in [-0.25, -0.2) is 14.0 Å². The summed E-state index contributed by atoms with van der Waals surface area (Å²) < 4.78 is 93.5. The number of alkyl halides is 6. The Balaban J connectivity index is 1.95. The van der Waals surface area contributed by atoms with Crippen molar-refractivity contribution in [3.05, 3.63) is 65.0 Å². The first-order valence-corrected chi connectivity index (χ1v) is 11.6. The topological polar surface area (TPSA) is 55.9 Å². The minimum absolute atomic E-state index is 0.0156. The largest absolute Gasteiger partial charge is 0.416 e. The minimum Gasteiger partial charge on any atom is -0.336 e. The molecule has 1 fully saturated rings. The third-order valence-corrected chi connectivity index (χ3v) is 6.33. The maximum Gasteiger partial charge on any atom is 0.416 e. The van der Waals surface area contributed by atoms with Crippen molar-refractivity contribution in [1.82, 2.24) is 15.1 Å². The highest BCUT2D eigenvalue weighted by Crippen LogP contribution is 2.39. The van der Waals surface area contributed by atoms with Gasteiger partial charge in [0.05, 0.1) is 17.2 Å². The van der Waals surface area contributed by atoms with Gasteiger partial charge in [0.1, 0.15) is 5.82 Å². The molecule has 2 aromatic rings. The number of likely N-dealkylation sites (N-methyl/N-ethyl adjacent to an activating group) is 1. The van der Waals surface area contributed by atoms with Crippen LogP contribution < -0.4 is 10.2 Å². The number of hydrogen-bond donors (Lipinski definition) is 1. The van der Waals surface area contributed by atoms with E-state index in [1.807, 2.05) is 0 Å². The molecule has 4 amide bonds. The first-order chi connectivity index (χ1) is 17.5. The Morgan fingerprint density at radius 1 is 0.921 bits per heavy atom. The summed E-state index contributed by atoms with van der Waals surface area (Å²) in [6.45, 7) is 3.71. The number of rotatable bonds is 4. The van der Waals surface area contributed by atoms with Gasteiger partial charge in [0.15, 0.2) is 0 Å². The van der Waals surface area contributed by atoms with Crippen LogP contribution in [0.4, 0.5) is 46.0 Å². The van der Waals surface area contributed by atoms with E-state index in [0.717, 1.165) is 7.05 Å². The molecule has 0 unspecified atom stereocenters. The Kier molecular flexibility index (Phi) is 8.18. The number of benzene rings is 2. The van der Waals surface area contributed by atoms with Crippen molar-refractivity contribution in [2.24, 2.45) is 0 Å². The number of anilines is 1. The highest BCUT2D eigenvalue weighted by molar-refractivity contribution is 5.92. The zero-order chi connectivity index (χ0) is 28.6. The number of hydrogen-bond acceptors (Lipinski definition) is 2. The Bertz CT molecular complexity index is 1130. The number of nitrogens with zero attached hydrogens (tertiary/aromatic N) is 3. The first kappa shape index (κ1) is 29.1. The van der Waals surface area contributed by atoms with E-state index in [9.17, 15) is 40.3 Å². The molecule has 0 radical (unpaired) electrons. The fourth-order valence-corrected chi connectivity index (χ4v) is 4.34. The Morgan fingerprint density at radius 2 is 1.45 bits per heavy atom. The van der Waals surface area contributed by atoms with Gasteiger partial charge in [-0.1, -0.05) is 12.1 Å². The van der Waals surface area contributed by atoms with Gasteiger partial charge in [0.2, 0.25) is 0 Å². The molecule has 1 aliphatic rings. The smallest absolute Gasteiger partial charge is 0.336 e. The molecular weight excluding hydrogens is 521 g/mol. The van der Waals surface area contributed by atoms with Gasteiger partial charge >= 0.3 is 24.4 Å². The van der Waals surface area contributed by atoms with Crippen molar-refractivity contribution in [2.45, 2.75) is 44.2 Å². The molecule has 6 nitrogen and oxygen atoms in total. The Morgan fingerprint density at radius 3 is 1.92 bits per heavy atom. The van der Waals surface area contributed by atoms with Gasteiger partial charge in [0, 0.05) is 44.8 Å². The zero-order valence-corrected chi connectivity index (χ0v) is 21.0.